The third kappa shape index (κ3) is 9.33. The van der Waals surface area contributed by atoms with Gasteiger partial charge in [-0.05, 0) is 49.2 Å². The van der Waals surface area contributed by atoms with E-state index in [0.717, 1.165) is 17.7 Å². The molecule has 186 valence electrons. The molecule has 0 radical (unpaired) electrons. The quantitative estimate of drug-likeness (QED) is 0.272. The summed E-state index contributed by atoms with van der Waals surface area (Å²) in [5, 5.41) is 1.00. The first-order valence-electron chi connectivity index (χ1n) is 9.63. The molecule has 0 aliphatic rings. The molecule has 2 aromatic carbocycles. The van der Waals surface area contributed by atoms with Crippen molar-refractivity contribution < 1.29 is 37.0 Å². The Labute approximate surface area is 214 Å². The van der Waals surface area contributed by atoms with Gasteiger partial charge in [0.1, 0.15) is 0 Å². The molecule has 0 spiro atoms. The van der Waals surface area contributed by atoms with Crippen molar-refractivity contribution in [2.45, 2.75) is 32.4 Å². The van der Waals surface area contributed by atoms with Crippen LogP contribution in [0.15, 0.2) is 36.4 Å². The molecule has 0 aliphatic carbocycles. The normalized spacial score (nSPS) is 11.7. The summed E-state index contributed by atoms with van der Waals surface area (Å²) in [6.45, 7) is 3.40. The van der Waals surface area contributed by atoms with E-state index in [0.29, 0.717) is 16.7 Å². The second-order valence-corrected chi connectivity index (χ2v) is 8.12. The van der Waals surface area contributed by atoms with Crippen LogP contribution in [0, 0.1) is 0 Å². The number of carbonyl (C=O) groups is 3. The minimum Gasteiger partial charge on any atom is -0.466 e. The zero-order chi connectivity index (χ0) is 26.1. The van der Waals surface area contributed by atoms with Gasteiger partial charge in [-0.3, -0.25) is 14.4 Å². The molecule has 0 aromatic heterocycles. The average molecular weight is 562 g/mol. The second kappa shape index (κ2) is 13.8. The van der Waals surface area contributed by atoms with Crippen molar-refractivity contribution in [3.63, 3.8) is 0 Å². The van der Waals surface area contributed by atoms with Crippen LogP contribution >= 0.6 is 46.4 Å². The van der Waals surface area contributed by atoms with Gasteiger partial charge in [0.05, 0.1) is 19.6 Å². The Morgan fingerprint density at radius 3 is 1.85 bits per heavy atom. The molecular weight excluding hydrogens is 543 g/mol. The lowest BCUT2D eigenvalue weighted by atomic mass is 9.94. The number of esters is 2. The van der Waals surface area contributed by atoms with Gasteiger partial charge in [0, 0.05) is 20.1 Å². The Bertz CT molecular complexity index is 1030. The molecule has 0 heterocycles. The number of rotatable bonds is 7. The molecule has 0 fully saturated rings. The molecule has 0 amide bonds. The molecule has 1 atom stereocenters. The lowest BCUT2D eigenvalue weighted by Crippen LogP contribution is -2.34. The predicted molar refractivity (Wildman–Crippen MR) is 124 cm³/mol. The highest BCUT2D eigenvalue weighted by Gasteiger charge is 2.48. The summed E-state index contributed by atoms with van der Waals surface area (Å²) >= 11 is 23.0. The van der Waals surface area contributed by atoms with Crippen LogP contribution in [-0.4, -0.2) is 37.1 Å². The molecule has 34 heavy (non-hydrogen) atoms. The van der Waals surface area contributed by atoms with Gasteiger partial charge in [-0.15, -0.1) is 0 Å². The summed E-state index contributed by atoms with van der Waals surface area (Å²) in [4.78, 5) is 34.2. The molecule has 2 rings (SSSR count). The van der Waals surface area contributed by atoms with E-state index in [2.05, 4.69) is 4.74 Å². The van der Waals surface area contributed by atoms with Gasteiger partial charge < -0.3 is 9.47 Å². The number of ether oxygens (including phenoxy) is 2. The highest BCUT2D eigenvalue weighted by Crippen LogP contribution is 2.34. The maximum Gasteiger partial charge on any atom is 0.451 e. The first-order chi connectivity index (χ1) is 15.8. The number of benzene rings is 2. The van der Waals surface area contributed by atoms with Crippen LogP contribution < -0.4 is 0 Å². The third-order valence-electron chi connectivity index (χ3n) is 3.99. The first kappa shape index (κ1) is 30.0. The lowest BCUT2D eigenvalue weighted by Gasteiger charge is -2.17. The number of Topliss-reactive ketones (excluding diaryl/α,β-unsaturated/α-hetero) is 1. The standard InChI is InChI=1S/C12H9Cl2F3O3.C10H10Cl2O2/c1-2-20-11(19)9(10(18)12(15,16)17)7-4-3-6(13)5-8(7)14;1-2-14-10(13)5-7-3-4-8(11)6-9(7)12/h3-5,9H,2H2,1H3;3-4,6H,2,5H2,1H3. The predicted octanol–water partition coefficient (Wildman–Crippen LogP) is 6.87. The zero-order valence-corrected chi connectivity index (χ0v) is 20.9. The molecular formula is C22H19Cl4F3O5. The largest absolute Gasteiger partial charge is 0.466 e. The smallest absolute Gasteiger partial charge is 0.451 e. The van der Waals surface area contributed by atoms with Gasteiger partial charge in [0.2, 0.25) is 0 Å². The number of hydrogen-bond donors (Lipinski definition) is 0. The van der Waals surface area contributed by atoms with Crippen molar-refractivity contribution in [1.82, 2.24) is 0 Å². The lowest BCUT2D eigenvalue weighted by molar-refractivity contribution is -0.177. The summed E-state index contributed by atoms with van der Waals surface area (Å²) in [6.07, 6.45) is -5.00. The fourth-order valence-corrected chi connectivity index (χ4v) is 3.53. The Balaban J connectivity index is 0.000000362. The summed E-state index contributed by atoms with van der Waals surface area (Å²) in [7, 11) is 0. The van der Waals surface area contributed by atoms with E-state index in [9.17, 15) is 27.6 Å². The van der Waals surface area contributed by atoms with Crippen molar-refractivity contribution >= 4 is 64.1 Å². The zero-order valence-electron chi connectivity index (χ0n) is 17.8. The maximum atomic E-state index is 12.6. The number of ketones is 1. The average Bonchev–Trinajstić information content (AvgIpc) is 2.72. The van der Waals surface area contributed by atoms with Crippen LogP contribution in [0.4, 0.5) is 13.2 Å². The molecule has 0 aliphatic heterocycles. The van der Waals surface area contributed by atoms with E-state index in [1.807, 2.05) is 0 Å². The van der Waals surface area contributed by atoms with Gasteiger partial charge in [0.25, 0.3) is 5.78 Å². The van der Waals surface area contributed by atoms with Gasteiger partial charge in [-0.2, -0.15) is 13.2 Å². The molecule has 12 heteroatoms. The van der Waals surface area contributed by atoms with Gasteiger partial charge in [0.15, 0.2) is 5.92 Å². The minimum absolute atomic E-state index is 0.161. The topological polar surface area (TPSA) is 69.7 Å². The van der Waals surface area contributed by atoms with Gasteiger partial charge in [-0.1, -0.05) is 58.5 Å². The number of alkyl halides is 3. The highest BCUT2D eigenvalue weighted by molar-refractivity contribution is 6.36. The molecule has 0 N–H and O–H groups in total. The van der Waals surface area contributed by atoms with Gasteiger partial charge >= 0.3 is 18.1 Å². The fourth-order valence-electron chi connectivity index (χ4n) is 2.53. The number of hydrogen-bond acceptors (Lipinski definition) is 5. The van der Waals surface area contributed by atoms with Crippen molar-refractivity contribution in [3.05, 3.63) is 67.6 Å². The summed E-state index contributed by atoms with van der Waals surface area (Å²) in [5.74, 6) is -5.98. The van der Waals surface area contributed by atoms with E-state index in [1.54, 1.807) is 25.1 Å². The van der Waals surface area contributed by atoms with E-state index < -0.39 is 23.8 Å². The number of carbonyl (C=O) groups excluding carboxylic acids is 3. The SMILES string of the molecule is CCOC(=O)C(C(=O)C(F)(F)F)c1ccc(Cl)cc1Cl.CCOC(=O)Cc1ccc(Cl)cc1Cl. The minimum atomic E-state index is -5.18. The van der Waals surface area contributed by atoms with Crippen LogP contribution in [0.25, 0.3) is 0 Å². The monoisotopic (exact) mass is 560 g/mol. The third-order valence-corrected chi connectivity index (χ3v) is 5.14. The molecule has 0 saturated heterocycles. The van der Waals surface area contributed by atoms with Crippen LogP contribution in [0.1, 0.15) is 30.9 Å². The van der Waals surface area contributed by atoms with Crippen molar-refractivity contribution in [2.75, 3.05) is 13.2 Å². The summed E-state index contributed by atoms with van der Waals surface area (Å²) in [6, 6.07) is 8.50. The fraction of sp³-hybridized carbons (Fsp3) is 0.318. The van der Waals surface area contributed by atoms with Crippen molar-refractivity contribution in [2.24, 2.45) is 0 Å². The van der Waals surface area contributed by atoms with Crippen molar-refractivity contribution in [3.8, 4) is 0 Å². The molecule has 0 bridgehead atoms. The van der Waals surface area contributed by atoms with E-state index in [1.165, 1.54) is 13.0 Å². The molecule has 5 nitrogen and oxygen atoms in total. The van der Waals surface area contributed by atoms with Crippen LogP contribution in [-0.2, 0) is 30.3 Å². The Morgan fingerprint density at radius 1 is 0.853 bits per heavy atom. The van der Waals surface area contributed by atoms with Crippen LogP contribution in [0.2, 0.25) is 20.1 Å². The summed E-state index contributed by atoms with van der Waals surface area (Å²) in [5.41, 5.74) is 0.436. The highest BCUT2D eigenvalue weighted by atomic mass is 35.5. The van der Waals surface area contributed by atoms with Crippen LogP contribution in [0.3, 0.4) is 0 Å². The molecule has 1 unspecified atom stereocenters. The Kier molecular flexibility index (Phi) is 12.2. The first-order valence-corrected chi connectivity index (χ1v) is 11.1. The van der Waals surface area contributed by atoms with E-state index >= 15 is 0 Å². The van der Waals surface area contributed by atoms with Gasteiger partial charge in [-0.25, -0.2) is 0 Å². The summed E-state index contributed by atoms with van der Waals surface area (Å²) < 4.78 is 47.0. The Hall–Kier alpha value is -2.00. The molecule has 0 saturated carbocycles. The Morgan fingerprint density at radius 2 is 1.38 bits per heavy atom. The second-order valence-electron chi connectivity index (χ2n) is 6.43. The van der Waals surface area contributed by atoms with E-state index in [-0.39, 0.29) is 34.6 Å². The molecule has 2 aromatic rings. The maximum absolute atomic E-state index is 12.6. The number of halogens is 7. The van der Waals surface area contributed by atoms with E-state index in [4.69, 9.17) is 51.1 Å². The van der Waals surface area contributed by atoms with Crippen molar-refractivity contribution in [1.29, 1.82) is 0 Å². The van der Waals surface area contributed by atoms with Crippen LogP contribution in [0.5, 0.6) is 0 Å².